The van der Waals surface area contributed by atoms with Gasteiger partial charge in [0, 0.05) is 45.4 Å². The molecule has 1 N–H and O–H groups in total. The average Bonchev–Trinajstić information content (AvgIpc) is 3.58. The van der Waals surface area contributed by atoms with E-state index in [1.807, 2.05) is 26.0 Å². The first-order valence-electron chi connectivity index (χ1n) is 25.1. The lowest BCUT2D eigenvalue weighted by atomic mass is 9.97. The molecule has 12 heteroatoms. The molecule has 3 aromatic carbocycles. The van der Waals surface area contributed by atoms with Crippen molar-refractivity contribution in [2.24, 2.45) is 5.92 Å². The molecular formula is C57H87NO8Si3. The summed E-state index contributed by atoms with van der Waals surface area (Å²) in [7, 11) is -5.09. The highest BCUT2D eigenvalue weighted by Crippen LogP contribution is 2.42. The van der Waals surface area contributed by atoms with Crippen LogP contribution >= 0.6 is 0 Å². The second-order valence-electron chi connectivity index (χ2n) is 22.7. The number of hydrogen-bond acceptors (Lipinski definition) is 9. The zero-order valence-corrected chi connectivity index (χ0v) is 48.3. The van der Waals surface area contributed by atoms with E-state index in [0.717, 1.165) is 19.1 Å². The zero-order chi connectivity index (χ0) is 51.3. The maximum absolute atomic E-state index is 14.1. The van der Waals surface area contributed by atoms with E-state index in [4.69, 9.17) is 32.5 Å². The highest BCUT2D eigenvalue weighted by atomic mass is 28.4. The predicted octanol–water partition coefficient (Wildman–Crippen LogP) is 12.0. The van der Waals surface area contributed by atoms with Crippen molar-refractivity contribution in [1.82, 2.24) is 5.32 Å². The van der Waals surface area contributed by atoms with Gasteiger partial charge in [0.25, 0.3) is 8.32 Å². The van der Waals surface area contributed by atoms with E-state index in [2.05, 4.69) is 191 Å². The van der Waals surface area contributed by atoms with Gasteiger partial charge in [-0.05, 0) is 91.4 Å². The third kappa shape index (κ3) is 16.2. The van der Waals surface area contributed by atoms with E-state index in [9.17, 15) is 4.79 Å². The Morgan fingerprint density at radius 2 is 1.48 bits per heavy atom. The smallest absolute Gasteiger partial charge is 0.342 e. The molecular weight excluding hydrogens is 911 g/mol. The van der Waals surface area contributed by atoms with Gasteiger partial charge in [-0.3, -0.25) is 0 Å². The predicted molar refractivity (Wildman–Crippen MR) is 293 cm³/mol. The number of methoxy groups -OCH3 is 1. The Morgan fingerprint density at radius 3 is 2.03 bits per heavy atom. The minimum absolute atomic E-state index is 0.0256. The lowest BCUT2D eigenvalue weighted by Crippen LogP contribution is -2.67. The normalized spacial score (nSPS) is 18.2. The van der Waals surface area contributed by atoms with Crippen LogP contribution in [0.2, 0.25) is 48.9 Å². The molecule has 0 bridgehead atoms. The van der Waals surface area contributed by atoms with Crippen molar-refractivity contribution in [3.05, 3.63) is 108 Å². The SMILES string of the molecule is CCNCCC#Cc1ccc(OCOC)c(C(=O)OCC[Si](C)(C)C)c1/C=C/C[C@@H]1OC(C)(C)O[C@@H]1C(/C=C\[C@@H](C)[C@H](C)O[Si](c1ccccc1)(c1ccccc1)C(C)(C)C)O[Si](C)(C)C(C)(C)C. The third-order valence-corrected chi connectivity index (χ3v) is 24.6. The molecule has 0 saturated carbocycles. The molecule has 1 fully saturated rings. The molecule has 9 nitrogen and oxygen atoms in total. The third-order valence-electron chi connectivity index (χ3n) is 13.3. The first-order chi connectivity index (χ1) is 32.3. The number of rotatable bonds is 23. The topological polar surface area (TPSA) is 93.7 Å². The Balaban J connectivity index is 1.76. The Bertz CT molecular complexity index is 2160. The molecule has 1 saturated heterocycles. The molecule has 69 heavy (non-hydrogen) atoms. The van der Waals surface area contributed by atoms with Crippen molar-refractivity contribution in [2.45, 2.75) is 168 Å². The highest BCUT2D eigenvalue weighted by molar-refractivity contribution is 6.99. The summed E-state index contributed by atoms with van der Waals surface area (Å²) in [6.07, 6.45) is 8.23. The van der Waals surface area contributed by atoms with Crippen molar-refractivity contribution in [3.63, 3.8) is 0 Å². The number of carbonyl (C=O) groups excluding carboxylic acids is 1. The van der Waals surface area contributed by atoms with Crippen LogP contribution < -0.4 is 20.4 Å². The summed E-state index contributed by atoms with van der Waals surface area (Å²) in [5.41, 5.74) is 1.66. The maximum Gasteiger partial charge on any atom is 0.342 e. The highest BCUT2D eigenvalue weighted by Gasteiger charge is 2.52. The first kappa shape index (κ1) is 58.0. The van der Waals surface area contributed by atoms with Crippen LogP contribution in [0.1, 0.15) is 110 Å². The molecule has 3 aromatic rings. The summed E-state index contributed by atoms with van der Waals surface area (Å²) in [6.45, 7) is 37.5. The summed E-state index contributed by atoms with van der Waals surface area (Å²) in [6, 6.07) is 26.1. The number of esters is 1. The fraction of sp³-hybridized carbons (Fsp3) is 0.561. The Labute approximate surface area is 420 Å². The minimum atomic E-state index is -2.81. The van der Waals surface area contributed by atoms with E-state index in [-0.39, 0.29) is 35.0 Å². The fourth-order valence-electron chi connectivity index (χ4n) is 8.24. The van der Waals surface area contributed by atoms with Crippen LogP contribution in [0.4, 0.5) is 0 Å². The van der Waals surface area contributed by atoms with Crippen LogP contribution in [0.5, 0.6) is 5.75 Å². The number of nitrogens with one attached hydrogen (secondary N) is 1. The van der Waals surface area contributed by atoms with Gasteiger partial charge >= 0.3 is 5.97 Å². The van der Waals surface area contributed by atoms with Crippen LogP contribution in [0.3, 0.4) is 0 Å². The lowest BCUT2D eigenvalue weighted by Gasteiger charge is -2.45. The first-order valence-corrected chi connectivity index (χ1v) is 33.6. The van der Waals surface area contributed by atoms with E-state index >= 15 is 0 Å². The molecule has 380 valence electrons. The summed E-state index contributed by atoms with van der Waals surface area (Å²) in [5, 5.41) is 5.63. The van der Waals surface area contributed by atoms with Gasteiger partial charge in [0.15, 0.2) is 20.9 Å². The van der Waals surface area contributed by atoms with E-state index in [1.165, 1.54) is 10.4 Å². The summed E-state index contributed by atoms with van der Waals surface area (Å²) in [5.74, 6) is 5.73. The van der Waals surface area contributed by atoms with Gasteiger partial charge in [-0.25, -0.2) is 4.79 Å². The Kier molecular flexibility index (Phi) is 21.1. The molecule has 0 amide bonds. The maximum atomic E-state index is 14.1. The zero-order valence-electron chi connectivity index (χ0n) is 45.3. The van der Waals surface area contributed by atoms with Gasteiger partial charge in [0.2, 0.25) is 0 Å². The number of ether oxygens (including phenoxy) is 5. The monoisotopic (exact) mass is 998 g/mol. The molecule has 0 aromatic heterocycles. The van der Waals surface area contributed by atoms with Gasteiger partial charge in [-0.15, -0.1) is 0 Å². The van der Waals surface area contributed by atoms with E-state index in [0.29, 0.717) is 41.9 Å². The Morgan fingerprint density at radius 1 is 0.855 bits per heavy atom. The van der Waals surface area contributed by atoms with Gasteiger partial charge in [0.05, 0.1) is 18.8 Å². The minimum Gasteiger partial charge on any atom is -0.467 e. The van der Waals surface area contributed by atoms with Crippen LogP contribution in [-0.4, -0.2) is 94.5 Å². The molecule has 5 atom stereocenters. The molecule has 1 aliphatic heterocycles. The molecule has 1 unspecified atom stereocenters. The van der Waals surface area contributed by atoms with Gasteiger partial charge < -0.3 is 37.9 Å². The average molecular weight is 999 g/mol. The fourth-order valence-corrected chi connectivity index (χ4v) is 15.0. The van der Waals surface area contributed by atoms with Crippen LogP contribution in [0.25, 0.3) is 6.08 Å². The molecule has 1 aliphatic rings. The largest absolute Gasteiger partial charge is 0.467 e. The van der Waals surface area contributed by atoms with Gasteiger partial charge in [-0.1, -0.05) is 172 Å². The Hall–Kier alpha value is -3.62. The number of hydrogen-bond donors (Lipinski definition) is 1. The summed E-state index contributed by atoms with van der Waals surface area (Å²) < 4.78 is 45.8. The number of carbonyl (C=O) groups is 1. The van der Waals surface area contributed by atoms with Crippen molar-refractivity contribution in [3.8, 4) is 17.6 Å². The van der Waals surface area contributed by atoms with Crippen molar-refractivity contribution in [1.29, 1.82) is 0 Å². The second kappa shape index (κ2) is 25.2. The molecule has 0 spiro atoms. The van der Waals surface area contributed by atoms with Crippen molar-refractivity contribution in [2.75, 3.05) is 33.6 Å². The van der Waals surface area contributed by atoms with E-state index in [1.54, 1.807) is 13.2 Å². The lowest BCUT2D eigenvalue weighted by molar-refractivity contribution is -0.151. The molecule has 0 aliphatic carbocycles. The molecule has 0 radical (unpaired) electrons. The van der Waals surface area contributed by atoms with E-state index < -0.39 is 48.7 Å². The van der Waals surface area contributed by atoms with Crippen LogP contribution in [-0.2, 0) is 27.8 Å². The number of benzene rings is 3. The molecule has 4 rings (SSSR count). The second-order valence-corrected chi connectivity index (χ2v) is 37.3. The van der Waals surface area contributed by atoms with Crippen molar-refractivity contribution >= 4 is 47.1 Å². The van der Waals surface area contributed by atoms with Crippen LogP contribution in [0.15, 0.2) is 91.0 Å². The quantitative estimate of drug-likeness (QED) is 0.0249. The molecule has 1 heterocycles. The van der Waals surface area contributed by atoms with Crippen LogP contribution in [0, 0.1) is 17.8 Å². The van der Waals surface area contributed by atoms with Gasteiger partial charge in [-0.2, -0.15) is 0 Å². The summed E-state index contributed by atoms with van der Waals surface area (Å²) >= 11 is 0. The van der Waals surface area contributed by atoms with Crippen molar-refractivity contribution < 1.29 is 37.3 Å². The standard InChI is InChI=1S/C57H87NO8Si3/c1-18-58-39-26-25-28-45-36-38-49(62-42-60-12)52(54(59)61-40-41-67(13,14)15)48(45)33-27-34-50-53(64-57(10,11)63-50)51(66-68(16,17)55(4,5)6)37-35-43(2)44(3)65-69(56(7,8)9,46-29-21-19-22-30-46)47-31-23-20-24-32-47/h19-24,27,29-33,35-38,43-44,50-51,53,58H,18,26,34,39-42H2,1-17H3/b33-27+,37-35-/t43-,44+,50+,51?,53+/m1/s1. The summed E-state index contributed by atoms with van der Waals surface area (Å²) in [4.78, 5) is 14.1. The van der Waals surface area contributed by atoms with Gasteiger partial charge in [0.1, 0.15) is 17.4 Å².